The van der Waals surface area contributed by atoms with Gasteiger partial charge in [0.2, 0.25) is 5.91 Å². The molecule has 0 radical (unpaired) electrons. The molecule has 33 heavy (non-hydrogen) atoms. The number of nitrogens with one attached hydrogen (secondary N) is 2. The van der Waals surface area contributed by atoms with Crippen molar-refractivity contribution in [2.45, 2.75) is 37.9 Å². The first kappa shape index (κ1) is 23.2. The number of amides is 1. The Morgan fingerprint density at radius 3 is 2.58 bits per heavy atom. The van der Waals surface area contributed by atoms with E-state index in [9.17, 15) is 4.79 Å². The van der Waals surface area contributed by atoms with Crippen LogP contribution in [0.25, 0.3) is 11.0 Å². The zero-order valence-corrected chi connectivity index (χ0v) is 19.9. The molecule has 2 atom stereocenters. The molecule has 3 aromatic rings. The van der Waals surface area contributed by atoms with Crippen LogP contribution in [0, 0.1) is 0 Å². The van der Waals surface area contributed by atoms with Crippen molar-refractivity contribution in [3.05, 3.63) is 52.7 Å². The van der Waals surface area contributed by atoms with Gasteiger partial charge < -0.3 is 20.1 Å². The van der Waals surface area contributed by atoms with E-state index in [0.717, 1.165) is 36.1 Å². The van der Waals surface area contributed by atoms with E-state index in [1.54, 1.807) is 16.9 Å². The minimum atomic E-state index is -0.162. The van der Waals surface area contributed by atoms with Crippen molar-refractivity contribution >= 4 is 46.0 Å². The predicted octanol–water partition coefficient (Wildman–Crippen LogP) is 4.44. The SMILES string of the molecule is C=CC(=O)NC1CCCC1Nc1ccc2c(cnn2Cc2c(Cl)c(OC)cc(OC)c2Cl)n1. The van der Waals surface area contributed by atoms with Gasteiger partial charge in [0.05, 0.1) is 42.5 Å². The minimum Gasteiger partial charge on any atom is -0.495 e. The van der Waals surface area contributed by atoms with Crippen LogP contribution < -0.4 is 20.1 Å². The van der Waals surface area contributed by atoms with E-state index < -0.39 is 0 Å². The Labute approximate surface area is 201 Å². The number of fused-ring (bicyclic) bond motifs is 1. The summed E-state index contributed by atoms with van der Waals surface area (Å²) in [5, 5.41) is 11.7. The molecule has 2 heterocycles. The standard InChI is InChI=1S/C23H25Cl2N5O3/c1-4-21(31)29-15-7-5-6-14(15)27-20-9-8-17-16(28-20)11-26-30(17)12-13-22(24)18(32-2)10-19(33-3)23(13)25/h4,8-11,14-15H,1,5-7,12H2,2-3H3,(H,27,28)(H,29,31). The molecule has 0 bridgehead atoms. The first-order valence-corrected chi connectivity index (χ1v) is 11.3. The lowest BCUT2D eigenvalue weighted by Gasteiger charge is -2.22. The van der Waals surface area contributed by atoms with Crippen LogP contribution in [0.2, 0.25) is 10.0 Å². The number of pyridine rings is 1. The summed E-state index contributed by atoms with van der Waals surface area (Å²) in [7, 11) is 3.08. The van der Waals surface area contributed by atoms with Gasteiger partial charge in [-0.1, -0.05) is 29.8 Å². The number of ether oxygens (including phenoxy) is 2. The van der Waals surface area contributed by atoms with Crippen LogP contribution >= 0.6 is 23.2 Å². The smallest absolute Gasteiger partial charge is 0.243 e. The summed E-state index contributed by atoms with van der Waals surface area (Å²) >= 11 is 13.0. The molecular weight excluding hydrogens is 465 g/mol. The lowest BCUT2D eigenvalue weighted by molar-refractivity contribution is -0.117. The lowest BCUT2D eigenvalue weighted by Crippen LogP contribution is -2.42. The summed E-state index contributed by atoms with van der Waals surface area (Å²) in [6.07, 6.45) is 5.90. The Bertz CT molecular complexity index is 1170. The van der Waals surface area contributed by atoms with Crippen LogP contribution in [0.1, 0.15) is 24.8 Å². The van der Waals surface area contributed by atoms with Crippen molar-refractivity contribution in [1.82, 2.24) is 20.1 Å². The molecule has 1 aromatic carbocycles. The molecule has 1 aliphatic carbocycles. The summed E-state index contributed by atoms with van der Waals surface area (Å²) in [5.41, 5.74) is 2.21. The molecule has 10 heteroatoms. The van der Waals surface area contributed by atoms with Gasteiger partial charge in [0.1, 0.15) is 22.8 Å². The highest BCUT2D eigenvalue weighted by atomic mass is 35.5. The van der Waals surface area contributed by atoms with Crippen molar-refractivity contribution in [1.29, 1.82) is 0 Å². The molecule has 8 nitrogen and oxygen atoms in total. The summed E-state index contributed by atoms with van der Waals surface area (Å²) in [5.74, 6) is 1.52. The lowest BCUT2D eigenvalue weighted by atomic mass is 10.1. The van der Waals surface area contributed by atoms with Crippen molar-refractivity contribution in [3.63, 3.8) is 0 Å². The normalized spacial score (nSPS) is 17.7. The Morgan fingerprint density at radius 1 is 1.21 bits per heavy atom. The largest absolute Gasteiger partial charge is 0.495 e. The molecule has 2 N–H and O–H groups in total. The van der Waals surface area contributed by atoms with Gasteiger partial charge in [0.25, 0.3) is 0 Å². The summed E-state index contributed by atoms with van der Waals surface area (Å²) in [6.45, 7) is 3.84. The second-order valence-electron chi connectivity index (χ2n) is 7.79. The van der Waals surface area contributed by atoms with E-state index in [0.29, 0.717) is 33.7 Å². The predicted molar refractivity (Wildman–Crippen MR) is 130 cm³/mol. The minimum absolute atomic E-state index is 0.0445. The van der Waals surface area contributed by atoms with E-state index in [1.165, 1.54) is 20.3 Å². The van der Waals surface area contributed by atoms with E-state index in [1.807, 2.05) is 12.1 Å². The number of nitrogens with zero attached hydrogens (tertiary/aromatic N) is 3. The summed E-state index contributed by atoms with van der Waals surface area (Å²) in [6, 6.07) is 5.66. The third-order valence-corrected chi connectivity index (χ3v) is 6.66. The highest BCUT2D eigenvalue weighted by Gasteiger charge is 2.28. The fourth-order valence-electron chi connectivity index (χ4n) is 4.14. The van der Waals surface area contributed by atoms with Crippen molar-refractivity contribution in [2.75, 3.05) is 19.5 Å². The van der Waals surface area contributed by atoms with Gasteiger partial charge in [0, 0.05) is 23.7 Å². The van der Waals surface area contributed by atoms with Crippen LogP contribution in [-0.4, -0.2) is 47.0 Å². The molecule has 0 spiro atoms. The van der Waals surface area contributed by atoms with Gasteiger partial charge >= 0.3 is 0 Å². The number of carbonyl (C=O) groups excluding carboxylic acids is 1. The second-order valence-corrected chi connectivity index (χ2v) is 8.55. The third kappa shape index (κ3) is 4.72. The molecule has 1 aliphatic rings. The van der Waals surface area contributed by atoms with E-state index in [4.69, 9.17) is 37.7 Å². The van der Waals surface area contributed by atoms with Crippen molar-refractivity contribution in [2.24, 2.45) is 0 Å². The quantitative estimate of drug-likeness (QED) is 0.454. The highest BCUT2D eigenvalue weighted by Crippen LogP contribution is 2.41. The summed E-state index contributed by atoms with van der Waals surface area (Å²) in [4.78, 5) is 16.4. The second kappa shape index (κ2) is 9.89. The average molecular weight is 490 g/mol. The Morgan fingerprint density at radius 2 is 1.91 bits per heavy atom. The maximum Gasteiger partial charge on any atom is 0.243 e. The number of anilines is 1. The molecule has 174 valence electrons. The zero-order chi connectivity index (χ0) is 23.5. The summed E-state index contributed by atoms with van der Waals surface area (Å²) < 4.78 is 12.5. The van der Waals surface area contributed by atoms with Gasteiger partial charge in [0.15, 0.2) is 0 Å². The van der Waals surface area contributed by atoms with E-state index in [2.05, 4.69) is 22.3 Å². The maximum absolute atomic E-state index is 11.7. The van der Waals surface area contributed by atoms with Crippen LogP contribution in [0.5, 0.6) is 11.5 Å². The van der Waals surface area contributed by atoms with Crippen molar-refractivity contribution in [3.8, 4) is 11.5 Å². The van der Waals surface area contributed by atoms with Gasteiger partial charge in [-0.05, 0) is 37.5 Å². The maximum atomic E-state index is 11.7. The van der Waals surface area contributed by atoms with Gasteiger partial charge in [-0.3, -0.25) is 9.48 Å². The molecule has 2 aromatic heterocycles. The van der Waals surface area contributed by atoms with Gasteiger partial charge in [-0.25, -0.2) is 4.98 Å². The van der Waals surface area contributed by atoms with Crippen LogP contribution in [0.3, 0.4) is 0 Å². The van der Waals surface area contributed by atoms with E-state index in [-0.39, 0.29) is 18.0 Å². The first-order valence-electron chi connectivity index (χ1n) is 10.6. The molecular formula is C23H25Cl2N5O3. The molecule has 4 rings (SSSR count). The van der Waals surface area contributed by atoms with Crippen LogP contribution in [0.15, 0.2) is 37.1 Å². The fourth-order valence-corrected chi connectivity index (χ4v) is 4.76. The van der Waals surface area contributed by atoms with Crippen LogP contribution in [-0.2, 0) is 11.3 Å². The van der Waals surface area contributed by atoms with Crippen LogP contribution in [0.4, 0.5) is 5.82 Å². The molecule has 0 saturated heterocycles. The number of carbonyl (C=O) groups is 1. The number of methoxy groups -OCH3 is 2. The topological polar surface area (TPSA) is 90.3 Å². The Kier molecular flexibility index (Phi) is 6.95. The monoisotopic (exact) mass is 489 g/mol. The van der Waals surface area contributed by atoms with E-state index >= 15 is 0 Å². The molecule has 0 aliphatic heterocycles. The number of rotatable bonds is 8. The number of aromatic nitrogens is 3. The fraction of sp³-hybridized carbons (Fsp3) is 0.348. The molecule has 1 fully saturated rings. The number of benzene rings is 1. The Balaban J connectivity index is 1.57. The van der Waals surface area contributed by atoms with Gasteiger partial charge in [-0.15, -0.1) is 0 Å². The number of halogens is 2. The third-order valence-electron chi connectivity index (χ3n) is 5.83. The number of hydrogen-bond donors (Lipinski definition) is 2. The molecule has 1 saturated carbocycles. The Hall–Kier alpha value is -2.97. The first-order chi connectivity index (χ1) is 15.9. The molecule has 1 amide bonds. The number of hydrogen-bond acceptors (Lipinski definition) is 6. The average Bonchev–Trinajstić information content (AvgIpc) is 3.43. The van der Waals surface area contributed by atoms with Gasteiger partial charge in [-0.2, -0.15) is 5.10 Å². The molecule has 2 unspecified atom stereocenters. The highest BCUT2D eigenvalue weighted by molar-refractivity contribution is 6.37. The zero-order valence-electron chi connectivity index (χ0n) is 18.4. The van der Waals surface area contributed by atoms with Crippen molar-refractivity contribution < 1.29 is 14.3 Å².